The van der Waals surface area contributed by atoms with Gasteiger partial charge in [-0.3, -0.25) is 19.2 Å². The Balaban J connectivity index is 2.19. The summed E-state index contributed by atoms with van der Waals surface area (Å²) in [5, 5.41) is 0. The van der Waals surface area contributed by atoms with Gasteiger partial charge in [-0.15, -0.1) is 11.8 Å². The molecule has 19 heteroatoms. The van der Waals surface area contributed by atoms with E-state index in [9.17, 15) is 24.0 Å². The molecule has 3 rings (SSSR count). The Morgan fingerprint density at radius 1 is 0.941 bits per heavy atom. The van der Waals surface area contributed by atoms with E-state index in [0.29, 0.717) is 25.4 Å². The Labute approximate surface area is 408 Å². The molecule has 0 aromatic carbocycles. The number of cyclic esters (lactones) is 1. The third kappa shape index (κ3) is 17.7. The summed E-state index contributed by atoms with van der Waals surface area (Å²) in [7, 11) is 5.02. The van der Waals surface area contributed by atoms with E-state index >= 15 is 0 Å². The fraction of sp³-hybridized carbons (Fsp3) is 0.816. The van der Waals surface area contributed by atoms with E-state index in [1.54, 1.807) is 34.6 Å². The Morgan fingerprint density at radius 2 is 1.63 bits per heavy atom. The van der Waals surface area contributed by atoms with Crippen LogP contribution in [-0.4, -0.2) is 167 Å². The number of thioether (sulfide) groups is 1. The minimum absolute atomic E-state index is 0.00652. The zero-order valence-corrected chi connectivity index (χ0v) is 43.6. The molecule has 0 radical (unpaired) electrons. The highest BCUT2D eigenvalue weighted by Gasteiger charge is 2.55. The third-order valence-electron chi connectivity index (χ3n) is 12.4. The molecule has 3 heterocycles. The first kappa shape index (κ1) is 59.3. The van der Waals surface area contributed by atoms with Crippen LogP contribution in [0.25, 0.3) is 0 Å². The van der Waals surface area contributed by atoms with E-state index in [2.05, 4.69) is 0 Å². The molecule has 2 fully saturated rings. The number of hydrogen-bond donors (Lipinski definition) is 0. The maximum Gasteiger partial charge on any atom is 0.309 e. The zero-order chi connectivity index (χ0) is 50.7. The van der Waals surface area contributed by atoms with Crippen LogP contribution >= 0.6 is 11.8 Å². The third-order valence-corrected chi connectivity index (χ3v) is 12.7. The maximum atomic E-state index is 13.6. The normalized spacial score (nSPS) is 36.8. The molecule has 3 aliphatic rings. The van der Waals surface area contributed by atoms with Crippen LogP contribution < -0.4 is 0 Å². The van der Waals surface area contributed by atoms with Gasteiger partial charge in [-0.1, -0.05) is 45.1 Å². The van der Waals surface area contributed by atoms with Crippen molar-refractivity contribution in [3.63, 3.8) is 0 Å². The summed E-state index contributed by atoms with van der Waals surface area (Å²) in [5.41, 5.74) is -0.993. The van der Waals surface area contributed by atoms with Gasteiger partial charge in [0.15, 0.2) is 31.1 Å². The second-order valence-corrected chi connectivity index (χ2v) is 19.0. The van der Waals surface area contributed by atoms with Crippen molar-refractivity contribution in [2.24, 2.45) is 11.8 Å². The average Bonchev–Trinajstić information content (AvgIpc) is 3.26. The quantitative estimate of drug-likeness (QED) is 0.0587. The van der Waals surface area contributed by atoms with Gasteiger partial charge in [0.25, 0.3) is 0 Å². The van der Waals surface area contributed by atoms with E-state index in [1.165, 1.54) is 25.8 Å². The highest BCUT2D eigenvalue weighted by atomic mass is 32.2. The second-order valence-electron chi connectivity index (χ2n) is 18.2. The summed E-state index contributed by atoms with van der Waals surface area (Å²) in [6, 6.07) is -0.739. The molecule has 0 aliphatic carbocycles. The molecule has 1 unspecified atom stereocenters. The van der Waals surface area contributed by atoms with Crippen LogP contribution in [-0.2, 0) is 80.8 Å². The summed E-state index contributed by atoms with van der Waals surface area (Å²) < 4.78 is 75.4. The first-order valence-corrected chi connectivity index (χ1v) is 25.4. The number of ether oxygens (including phenoxy) is 12. The lowest BCUT2D eigenvalue weighted by Gasteiger charge is -2.51. The van der Waals surface area contributed by atoms with Gasteiger partial charge >= 0.3 is 23.9 Å². The van der Waals surface area contributed by atoms with Crippen LogP contribution in [0.1, 0.15) is 114 Å². The lowest BCUT2D eigenvalue weighted by Crippen LogP contribution is -2.66. The minimum atomic E-state index is -1.33. The highest BCUT2D eigenvalue weighted by molar-refractivity contribution is 7.98. The standard InChI is InChI=1S/C49H81NO17S/c1-15-38(53)64-37-26-40(55)59-30(5)21-19-18-20-22-36(63-34(9)57-17-3)29(4)25-35(23-24-51)44(45(37)56-13)67-48-46(62-33(8)52)42(50(11)12)43(31(6)61-48)66-41-27-49(10,58-28-68-14)47(32(7)60-41)65-39(54)16-2/h18-20,22,24,29-32,34-37,41-48H,15-17,21,23,25-28H2,1-14H3/b19-18+,22-20+/t29-,30-,31-,32+,34?,35+,36+,37-,41+,42+,43-,44+,45+,46-,47+,48+,49-/m1/s1. The first-order valence-electron chi connectivity index (χ1n) is 24.0. The van der Waals surface area contributed by atoms with Gasteiger partial charge < -0.3 is 66.5 Å². The zero-order valence-electron chi connectivity index (χ0n) is 42.8. The van der Waals surface area contributed by atoms with Gasteiger partial charge in [-0.05, 0) is 80.2 Å². The minimum Gasteiger partial charge on any atom is -0.462 e. The van der Waals surface area contributed by atoms with Gasteiger partial charge in [0.2, 0.25) is 0 Å². The van der Waals surface area contributed by atoms with Gasteiger partial charge in [0.1, 0.15) is 36.3 Å². The molecule has 0 spiro atoms. The number of aldehydes is 1. The Morgan fingerprint density at radius 3 is 2.24 bits per heavy atom. The average molecular weight is 988 g/mol. The second kappa shape index (κ2) is 29.4. The summed E-state index contributed by atoms with van der Waals surface area (Å²) >= 11 is 1.48. The SMILES string of the molecule is CCOC(C)O[C@H]1/C=C/C=C/C[C@@H](C)OC(=O)C[C@@H](OC(=O)CC)[C@H](OC)[C@@H](O[C@@H]2O[C@H](C)[C@@H](O[C@H]3C[C@@](C)(OCSC)[C@@H](OC(=O)CC)[C@H](C)O3)[C@H](N(C)C)[C@H]2OC(C)=O)[C@@H](CC=O)C[C@H]1C. The van der Waals surface area contributed by atoms with Gasteiger partial charge in [-0.2, -0.15) is 0 Å². The smallest absolute Gasteiger partial charge is 0.309 e. The Kier molecular flexibility index (Phi) is 25.6. The monoisotopic (exact) mass is 988 g/mol. The molecule has 0 N–H and O–H groups in total. The molecule has 0 aromatic rings. The molecule has 390 valence electrons. The molecule has 0 aromatic heterocycles. The summed E-state index contributed by atoms with van der Waals surface area (Å²) in [6.07, 6.45) is -0.726. The molecule has 0 bridgehead atoms. The lowest BCUT2D eigenvalue weighted by molar-refractivity contribution is -0.346. The molecule has 2 saturated heterocycles. The molecule has 0 saturated carbocycles. The van der Waals surface area contributed by atoms with Crippen molar-refractivity contribution in [3.05, 3.63) is 24.3 Å². The number of allylic oxidation sites excluding steroid dienone is 2. The van der Waals surface area contributed by atoms with Crippen molar-refractivity contribution in [2.45, 2.75) is 206 Å². The number of carbonyl (C=O) groups excluding carboxylic acids is 5. The van der Waals surface area contributed by atoms with Crippen LogP contribution in [0.5, 0.6) is 0 Å². The van der Waals surface area contributed by atoms with E-state index in [0.717, 1.165) is 6.29 Å². The molecular weight excluding hydrogens is 907 g/mol. The molecule has 0 amide bonds. The maximum absolute atomic E-state index is 13.6. The van der Waals surface area contributed by atoms with Crippen LogP contribution in [0.2, 0.25) is 0 Å². The van der Waals surface area contributed by atoms with Crippen molar-refractivity contribution in [1.29, 1.82) is 0 Å². The van der Waals surface area contributed by atoms with Gasteiger partial charge in [0, 0.05) is 52.7 Å². The van der Waals surface area contributed by atoms with Crippen LogP contribution in [0.4, 0.5) is 0 Å². The summed E-state index contributed by atoms with van der Waals surface area (Å²) in [5.74, 6) is -2.90. The number of likely N-dealkylation sites (N-methyl/N-ethyl adjacent to an activating group) is 1. The molecular formula is C49H81NO17S. The van der Waals surface area contributed by atoms with Gasteiger partial charge in [0.05, 0.1) is 42.8 Å². The van der Waals surface area contributed by atoms with Crippen molar-refractivity contribution >= 4 is 41.9 Å². The Hall–Kier alpha value is -2.98. The number of hydrogen-bond acceptors (Lipinski definition) is 19. The number of rotatable bonds is 20. The van der Waals surface area contributed by atoms with Crippen molar-refractivity contribution in [2.75, 3.05) is 40.0 Å². The largest absolute Gasteiger partial charge is 0.462 e. The van der Waals surface area contributed by atoms with Crippen LogP contribution in [0.3, 0.4) is 0 Å². The Bertz CT molecular complexity index is 1630. The molecule has 68 heavy (non-hydrogen) atoms. The topological polar surface area (TPSA) is 199 Å². The van der Waals surface area contributed by atoms with E-state index < -0.39 is 122 Å². The lowest BCUT2D eigenvalue weighted by atomic mass is 9.82. The van der Waals surface area contributed by atoms with Crippen molar-refractivity contribution in [3.8, 4) is 0 Å². The first-order chi connectivity index (χ1) is 32.2. The van der Waals surface area contributed by atoms with E-state index in [4.69, 9.17) is 56.8 Å². The van der Waals surface area contributed by atoms with E-state index in [1.807, 2.05) is 77.3 Å². The number of nitrogens with zero attached hydrogens (tertiary/aromatic N) is 1. The van der Waals surface area contributed by atoms with E-state index in [-0.39, 0.29) is 37.6 Å². The fourth-order valence-corrected chi connectivity index (χ4v) is 9.48. The molecule has 18 nitrogen and oxygen atoms in total. The molecule has 3 aliphatic heterocycles. The van der Waals surface area contributed by atoms with Gasteiger partial charge in [-0.25, -0.2) is 0 Å². The van der Waals surface area contributed by atoms with Crippen molar-refractivity contribution in [1.82, 2.24) is 4.90 Å². The molecule has 17 atom stereocenters. The predicted octanol–water partition coefficient (Wildman–Crippen LogP) is 6.09. The van der Waals surface area contributed by atoms with Crippen LogP contribution in [0.15, 0.2) is 24.3 Å². The number of esters is 4. The van der Waals surface area contributed by atoms with Crippen molar-refractivity contribution < 1.29 is 80.8 Å². The number of carbonyl (C=O) groups is 5. The summed E-state index contributed by atoms with van der Waals surface area (Å²) in [6.45, 7) is 17.9. The fourth-order valence-electron chi connectivity index (χ4n) is 9.09. The number of methoxy groups -OCH3 is 1. The highest BCUT2D eigenvalue weighted by Crippen LogP contribution is 2.40. The van der Waals surface area contributed by atoms with Crippen LogP contribution in [0, 0.1) is 11.8 Å². The summed E-state index contributed by atoms with van der Waals surface area (Å²) in [4.78, 5) is 67.0. The predicted molar refractivity (Wildman–Crippen MR) is 252 cm³/mol.